The minimum Gasteiger partial charge on any atom is -0.475 e. The predicted molar refractivity (Wildman–Crippen MR) is 98.5 cm³/mol. The Morgan fingerprint density at radius 2 is 2.07 bits per heavy atom. The molecule has 2 aliphatic heterocycles. The zero-order valence-corrected chi connectivity index (χ0v) is 16.7. The third-order valence-corrected chi connectivity index (χ3v) is 5.46. The van der Waals surface area contributed by atoms with Crippen LogP contribution in [0.3, 0.4) is 0 Å². The van der Waals surface area contributed by atoms with E-state index in [0.29, 0.717) is 31.8 Å². The minimum absolute atomic E-state index is 0.0371. The number of carboxylic acid groups (broad SMARTS) is 1. The number of ether oxygens (including phenoxy) is 1. The van der Waals surface area contributed by atoms with Gasteiger partial charge in [0.2, 0.25) is 5.91 Å². The van der Waals surface area contributed by atoms with Crippen molar-refractivity contribution in [2.75, 3.05) is 39.9 Å². The number of halogens is 3. The van der Waals surface area contributed by atoms with Gasteiger partial charge in [-0.3, -0.25) is 14.6 Å². The number of likely N-dealkylation sites (tertiary alicyclic amines) is 2. The smallest absolute Gasteiger partial charge is 0.475 e. The van der Waals surface area contributed by atoms with Gasteiger partial charge in [-0.05, 0) is 24.5 Å². The van der Waals surface area contributed by atoms with E-state index in [2.05, 4.69) is 11.9 Å². The zero-order chi connectivity index (χ0) is 22.5. The lowest BCUT2D eigenvalue weighted by Gasteiger charge is -2.26. The van der Waals surface area contributed by atoms with E-state index in [0.717, 1.165) is 13.0 Å². The number of hydrogen-bond acceptors (Lipinski definition) is 5. The van der Waals surface area contributed by atoms with Gasteiger partial charge < -0.3 is 19.6 Å². The molecule has 30 heavy (non-hydrogen) atoms. The van der Waals surface area contributed by atoms with Crippen molar-refractivity contribution in [3.05, 3.63) is 30.1 Å². The SMILES string of the molecule is COCCN1CC[C@]2(CN(C(=O)c3cccnc3)C[C@H]2C)C1=O.O=C(O)C(F)(F)F. The number of pyridine rings is 1. The van der Waals surface area contributed by atoms with E-state index < -0.39 is 17.6 Å². The third-order valence-electron chi connectivity index (χ3n) is 5.46. The maximum atomic E-state index is 12.9. The average molecular weight is 431 g/mol. The van der Waals surface area contributed by atoms with Gasteiger partial charge in [0.15, 0.2) is 0 Å². The molecule has 0 saturated carbocycles. The fourth-order valence-corrected chi connectivity index (χ4v) is 3.77. The number of amides is 2. The second kappa shape index (κ2) is 9.41. The Kier molecular flexibility index (Phi) is 7.40. The lowest BCUT2D eigenvalue weighted by molar-refractivity contribution is -0.192. The first-order valence-corrected chi connectivity index (χ1v) is 9.30. The van der Waals surface area contributed by atoms with Gasteiger partial charge >= 0.3 is 12.1 Å². The number of hydrogen-bond donors (Lipinski definition) is 1. The van der Waals surface area contributed by atoms with E-state index in [1.165, 1.54) is 0 Å². The Balaban J connectivity index is 0.000000396. The molecule has 1 spiro atoms. The van der Waals surface area contributed by atoms with Crippen LogP contribution < -0.4 is 0 Å². The summed E-state index contributed by atoms with van der Waals surface area (Å²) in [4.78, 5) is 42.1. The van der Waals surface area contributed by atoms with Crippen LogP contribution in [-0.2, 0) is 14.3 Å². The maximum Gasteiger partial charge on any atom is 0.490 e. The Morgan fingerprint density at radius 3 is 2.60 bits per heavy atom. The molecule has 3 heterocycles. The van der Waals surface area contributed by atoms with E-state index in [4.69, 9.17) is 14.6 Å². The average Bonchev–Trinajstić information content (AvgIpc) is 3.21. The minimum atomic E-state index is -5.08. The largest absolute Gasteiger partial charge is 0.490 e. The summed E-state index contributed by atoms with van der Waals surface area (Å²) >= 11 is 0. The maximum absolute atomic E-state index is 12.9. The summed E-state index contributed by atoms with van der Waals surface area (Å²) in [6.07, 6.45) is -1.04. The van der Waals surface area contributed by atoms with Crippen molar-refractivity contribution in [1.82, 2.24) is 14.8 Å². The summed E-state index contributed by atoms with van der Waals surface area (Å²) in [5.74, 6) is -2.45. The lowest BCUT2D eigenvalue weighted by atomic mass is 9.78. The van der Waals surface area contributed by atoms with Gasteiger partial charge in [0, 0.05) is 45.7 Å². The van der Waals surface area contributed by atoms with Crippen LogP contribution in [0.4, 0.5) is 13.2 Å². The van der Waals surface area contributed by atoms with Gasteiger partial charge in [-0.15, -0.1) is 0 Å². The Labute approximate surface area is 171 Å². The van der Waals surface area contributed by atoms with Crippen molar-refractivity contribution >= 4 is 17.8 Å². The van der Waals surface area contributed by atoms with Crippen LogP contribution in [0.2, 0.25) is 0 Å². The predicted octanol–water partition coefficient (Wildman–Crippen LogP) is 1.67. The molecule has 1 N–H and O–H groups in total. The number of aromatic nitrogens is 1. The Bertz CT molecular complexity index is 774. The van der Waals surface area contributed by atoms with Crippen molar-refractivity contribution in [3.63, 3.8) is 0 Å². The fourth-order valence-electron chi connectivity index (χ4n) is 3.77. The standard InChI is InChI=1S/C17H23N3O3.C2HF3O2/c1-13-11-20(15(21)14-4-3-6-18-10-14)12-17(13)5-7-19(16(17)22)8-9-23-2;3-2(4,5)1(6)7/h3-4,6,10,13H,5,7-9,11-12H2,1-2H3;(H,6,7)/t13-,17-;/m1./s1. The van der Waals surface area contributed by atoms with Crippen LogP contribution in [0.1, 0.15) is 23.7 Å². The molecule has 2 fully saturated rings. The summed E-state index contributed by atoms with van der Waals surface area (Å²) < 4.78 is 36.8. The van der Waals surface area contributed by atoms with E-state index in [1.54, 1.807) is 36.5 Å². The Morgan fingerprint density at radius 1 is 1.40 bits per heavy atom. The van der Waals surface area contributed by atoms with E-state index in [-0.39, 0.29) is 17.7 Å². The summed E-state index contributed by atoms with van der Waals surface area (Å²) in [6.45, 7) is 5.13. The van der Waals surface area contributed by atoms with Crippen LogP contribution in [0.15, 0.2) is 24.5 Å². The molecule has 0 bridgehead atoms. The fraction of sp³-hybridized carbons (Fsp3) is 0.579. The first kappa shape index (κ1) is 23.6. The Hall–Kier alpha value is -2.69. The molecule has 1 aromatic rings. The molecule has 11 heteroatoms. The second-order valence-corrected chi connectivity index (χ2v) is 7.32. The second-order valence-electron chi connectivity index (χ2n) is 7.32. The van der Waals surface area contributed by atoms with Gasteiger partial charge in [0.1, 0.15) is 0 Å². The van der Waals surface area contributed by atoms with Gasteiger partial charge in [-0.1, -0.05) is 6.92 Å². The number of carboxylic acids is 1. The molecule has 166 valence electrons. The molecule has 2 saturated heterocycles. The summed E-state index contributed by atoms with van der Waals surface area (Å²) in [5, 5.41) is 7.12. The summed E-state index contributed by atoms with van der Waals surface area (Å²) in [7, 11) is 1.64. The van der Waals surface area contributed by atoms with Crippen LogP contribution in [-0.4, -0.2) is 83.7 Å². The van der Waals surface area contributed by atoms with Gasteiger partial charge in [-0.2, -0.15) is 13.2 Å². The molecule has 2 aliphatic rings. The normalized spacial score (nSPS) is 23.5. The third kappa shape index (κ3) is 5.07. The monoisotopic (exact) mass is 431 g/mol. The highest BCUT2D eigenvalue weighted by Gasteiger charge is 2.55. The van der Waals surface area contributed by atoms with Crippen LogP contribution in [0, 0.1) is 11.3 Å². The molecular weight excluding hydrogens is 407 g/mol. The number of nitrogens with zero attached hydrogens (tertiary/aromatic N) is 3. The topological polar surface area (TPSA) is 100 Å². The van der Waals surface area contributed by atoms with Crippen molar-refractivity contribution in [1.29, 1.82) is 0 Å². The molecule has 0 unspecified atom stereocenters. The molecule has 2 atom stereocenters. The molecule has 2 amide bonds. The molecule has 3 rings (SSSR count). The number of aliphatic carboxylic acids is 1. The summed E-state index contributed by atoms with van der Waals surface area (Å²) in [6, 6.07) is 3.53. The number of carbonyl (C=O) groups is 3. The first-order chi connectivity index (χ1) is 14.0. The highest BCUT2D eigenvalue weighted by Crippen LogP contribution is 2.44. The van der Waals surface area contributed by atoms with E-state index in [1.807, 2.05) is 4.90 Å². The molecule has 1 aromatic heterocycles. The van der Waals surface area contributed by atoms with Crippen molar-refractivity contribution in [2.45, 2.75) is 19.5 Å². The van der Waals surface area contributed by atoms with Crippen molar-refractivity contribution in [3.8, 4) is 0 Å². The van der Waals surface area contributed by atoms with Crippen LogP contribution >= 0.6 is 0 Å². The number of rotatable bonds is 4. The van der Waals surface area contributed by atoms with E-state index >= 15 is 0 Å². The number of alkyl halides is 3. The quantitative estimate of drug-likeness (QED) is 0.779. The van der Waals surface area contributed by atoms with Crippen molar-refractivity contribution < 1.29 is 37.4 Å². The van der Waals surface area contributed by atoms with Crippen molar-refractivity contribution in [2.24, 2.45) is 11.3 Å². The van der Waals surface area contributed by atoms with Gasteiger partial charge in [0.25, 0.3) is 5.91 Å². The molecule has 0 radical (unpaired) electrons. The molecular formula is C19H24F3N3O5. The van der Waals surface area contributed by atoms with Gasteiger partial charge in [0.05, 0.1) is 17.6 Å². The summed E-state index contributed by atoms with van der Waals surface area (Å²) in [5.41, 5.74) is 0.157. The van der Waals surface area contributed by atoms with Gasteiger partial charge in [-0.25, -0.2) is 4.79 Å². The first-order valence-electron chi connectivity index (χ1n) is 9.30. The number of carbonyl (C=O) groups excluding carboxylic acids is 2. The highest BCUT2D eigenvalue weighted by molar-refractivity contribution is 5.95. The molecule has 0 aromatic carbocycles. The van der Waals surface area contributed by atoms with Crippen LogP contribution in [0.25, 0.3) is 0 Å². The van der Waals surface area contributed by atoms with Crippen LogP contribution in [0.5, 0.6) is 0 Å². The highest BCUT2D eigenvalue weighted by atomic mass is 19.4. The lowest BCUT2D eigenvalue weighted by Crippen LogP contribution is -2.41. The number of methoxy groups -OCH3 is 1. The molecule has 8 nitrogen and oxygen atoms in total. The zero-order valence-electron chi connectivity index (χ0n) is 16.7. The molecule has 0 aliphatic carbocycles. The van der Waals surface area contributed by atoms with E-state index in [9.17, 15) is 22.8 Å².